The fourth-order valence-electron chi connectivity index (χ4n) is 1.22. The second kappa shape index (κ2) is 3.29. The first kappa shape index (κ1) is 10.6. The Balaban J connectivity index is 2.59. The highest BCUT2D eigenvalue weighted by Crippen LogP contribution is 2.28. The predicted molar refractivity (Wildman–Crippen MR) is 48.0 cm³/mol. The third-order valence-corrected chi connectivity index (χ3v) is 1.99. The molecule has 16 heavy (non-hydrogen) atoms. The van der Waals surface area contributed by atoms with E-state index < -0.39 is 11.9 Å². The van der Waals surface area contributed by atoms with Gasteiger partial charge >= 0.3 is 6.18 Å². The zero-order valence-electron chi connectivity index (χ0n) is 8.12. The van der Waals surface area contributed by atoms with Gasteiger partial charge < -0.3 is 4.40 Å². The summed E-state index contributed by atoms with van der Waals surface area (Å²) in [6.07, 6.45) is -1.32. The number of nitrogens with zero attached hydrogens (tertiary/aromatic N) is 3. The van der Waals surface area contributed by atoms with E-state index >= 15 is 0 Å². The Bertz CT molecular complexity index is 559. The normalized spacial score (nSPS) is 12.0. The van der Waals surface area contributed by atoms with Crippen LogP contribution in [0.4, 0.5) is 13.2 Å². The topological polar surface area (TPSA) is 47.3 Å². The summed E-state index contributed by atoms with van der Waals surface area (Å²) in [7, 11) is 0. The largest absolute Gasteiger partial charge is 0.434 e. The maximum Gasteiger partial charge on any atom is 0.434 e. The summed E-state index contributed by atoms with van der Waals surface area (Å²) in [4.78, 5) is 18.0. The predicted octanol–water partition coefficient (Wildman–Crippen LogP) is 1.95. The molecule has 2 aromatic rings. The van der Waals surface area contributed by atoms with Crippen LogP contribution in [0.3, 0.4) is 0 Å². The van der Waals surface area contributed by atoms with Crippen molar-refractivity contribution in [1.29, 1.82) is 0 Å². The molecule has 0 aliphatic heterocycles. The minimum Gasteiger partial charge on any atom is -0.303 e. The maximum absolute atomic E-state index is 12.3. The van der Waals surface area contributed by atoms with E-state index in [9.17, 15) is 18.0 Å². The van der Waals surface area contributed by atoms with Crippen LogP contribution in [0.25, 0.3) is 5.65 Å². The third kappa shape index (κ3) is 1.75. The number of carbonyl (C=O) groups is 1. The van der Waals surface area contributed by atoms with Crippen LogP contribution in [0.15, 0.2) is 18.6 Å². The number of hydrogen-bond acceptors (Lipinski definition) is 3. The molecule has 0 bridgehead atoms. The van der Waals surface area contributed by atoms with Gasteiger partial charge in [-0.2, -0.15) is 13.2 Å². The standard InChI is InChI=1S/C9H6F3N3O/c1-5(16)6-3-15-4-7(9(10,11)12)14-8(15)2-13-6/h2-4H,1H3. The van der Waals surface area contributed by atoms with Crippen molar-refractivity contribution in [2.75, 3.05) is 0 Å². The van der Waals surface area contributed by atoms with Gasteiger partial charge in [0.1, 0.15) is 5.69 Å². The highest BCUT2D eigenvalue weighted by Gasteiger charge is 2.33. The van der Waals surface area contributed by atoms with Crippen molar-refractivity contribution in [3.05, 3.63) is 30.0 Å². The second-order valence-corrected chi connectivity index (χ2v) is 3.22. The van der Waals surface area contributed by atoms with E-state index in [0.29, 0.717) is 0 Å². The average Bonchev–Trinajstić information content (AvgIpc) is 2.58. The molecular formula is C9H6F3N3O. The zero-order valence-corrected chi connectivity index (χ0v) is 8.12. The van der Waals surface area contributed by atoms with Gasteiger partial charge in [-0.3, -0.25) is 4.79 Å². The molecule has 4 nitrogen and oxygen atoms in total. The number of fused-ring (bicyclic) bond motifs is 1. The molecule has 0 aliphatic rings. The van der Waals surface area contributed by atoms with Gasteiger partial charge in [-0.15, -0.1) is 0 Å². The van der Waals surface area contributed by atoms with Crippen LogP contribution in [0.5, 0.6) is 0 Å². The zero-order chi connectivity index (χ0) is 11.9. The maximum atomic E-state index is 12.3. The van der Waals surface area contributed by atoms with Crippen LogP contribution in [0.2, 0.25) is 0 Å². The molecule has 84 valence electrons. The average molecular weight is 229 g/mol. The monoisotopic (exact) mass is 229 g/mol. The minimum atomic E-state index is -4.50. The molecule has 0 atom stereocenters. The van der Waals surface area contributed by atoms with E-state index in [1.54, 1.807) is 0 Å². The van der Waals surface area contributed by atoms with Crippen LogP contribution in [0.1, 0.15) is 23.1 Å². The minimum absolute atomic E-state index is 0.0531. The molecule has 0 amide bonds. The smallest absolute Gasteiger partial charge is 0.303 e. The highest BCUT2D eigenvalue weighted by atomic mass is 19.4. The summed E-state index contributed by atoms with van der Waals surface area (Å²) >= 11 is 0. The number of hydrogen-bond donors (Lipinski definition) is 0. The van der Waals surface area contributed by atoms with E-state index in [1.807, 2.05) is 0 Å². The molecule has 0 unspecified atom stereocenters. The molecule has 0 aliphatic carbocycles. The first-order chi connectivity index (χ1) is 7.38. The van der Waals surface area contributed by atoms with Gasteiger partial charge in [0.25, 0.3) is 0 Å². The lowest BCUT2D eigenvalue weighted by molar-refractivity contribution is -0.140. The molecule has 0 radical (unpaired) electrons. The summed E-state index contributed by atoms with van der Waals surface area (Å²) in [5.41, 5.74) is -0.856. The lowest BCUT2D eigenvalue weighted by Crippen LogP contribution is -2.04. The molecule has 0 aromatic carbocycles. The lowest BCUT2D eigenvalue weighted by Gasteiger charge is -1.98. The molecule has 7 heteroatoms. The number of rotatable bonds is 1. The third-order valence-electron chi connectivity index (χ3n) is 1.99. The van der Waals surface area contributed by atoms with Gasteiger partial charge in [0.05, 0.1) is 6.20 Å². The van der Waals surface area contributed by atoms with Crippen LogP contribution in [0, 0.1) is 0 Å². The van der Waals surface area contributed by atoms with Gasteiger partial charge in [-0.25, -0.2) is 9.97 Å². The summed E-state index contributed by atoms with van der Waals surface area (Å²) in [6.45, 7) is 1.29. The summed E-state index contributed by atoms with van der Waals surface area (Å²) in [6, 6.07) is 0. The Labute approximate surface area is 87.7 Å². The number of halogens is 3. The van der Waals surface area contributed by atoms with E-state index in [2.05, 4.69) is 9.97 Å². The second-order valence-electron chi connectivity index (χ2n) is 3.22. The SMILES string of the molecule is CC(=O)c1cn2cc(C(F)(F)F)nc2cn1. The molecule has 0 saturated carbocycles. The van der Waals surface area contributed by atoms with Crippen molar-refractivity contribution in [1.82, 2.24) is 14.4 Å². The van der Waals surface area contributed by atoms with Crippen molar-refractivity contribution in [2.45, 2.75) is 13.1 Å². The Morgan fingerprint density at radius 2 is 2.06 bits per heavy atom. The van der Waals surface area contributed by atoms with Gasteiger partial charge in [0, 0.05) is 19.3 Å². The number of Topliss-reactive ketones (excluding diaryl/α,β-unsaturated/α-hetero) is 1. The van der Waals surface area contributed by atoms with Gasteiger partial charge in [-0.05, 0) is 0 Å². The van der Waals surface area contributed by atoms with Crippen molar-refractivity contribution in [3.63, 3.8) is 0 Å². The van der Waals surface area contributed by atoms with Crippen LogP contribution < -0.4 is 0 Å². The van der Waals surface area contributed by atoms with Gasteiger partial charge in [0.2, 0.25) is 0 Å². The van der Waals surface area contributed by atoms with Crippen LogP contribution in [-0.2, 0) is 6.18 Å². The summed E-state index contributed by atoms with van der Waals surface area (Å²) < 4.78 is 38.1. The number of ketones is 1. The molecule has 2 heterocycles. The van der Waals surface area contributed by atoms with Gasteiger partial charge in [0.15, 0.2) is 17.1 Å². The van der Waals surface area contributed by atoms with Crippen LogP contribution >= 0.6 is 0 Å². The molecule has 0 saturated heterocycles. The van der Waals surface area contributed by atoms with Gasteiger partial charge in [-0.1, -0.05) is 0 Å². The molecule has 2 aromatic heterocycles. The lowest BCUT2D eigenvalue weighted by atomic mass is 10.3. The fourth-order valence-corrected chi connectivity index (χ4v) is 1.22. The summed E-state index contributed by atoms with van der Waals surface area (Å²) in [5, 5.41) is 0. The molecule has 0 fully saturated rings. The number of alkyl halides is 3. The number of imidazole rings is 1. The van der Waals surface area contributed by atoms with Crippen molar-refractivity contribution in [3.8, 4) is 0 Å². The molecule has 0 spiro atoms. The van der Waals surface area contributed by atoms with E-state index in [-0.39, 0.29) is 17.1 Å². The van der Waals surface area contributed by atoms with Crippen LogP contribution in [-0.4, -0.2) is 20.2 Å². The highest BCUT2D eigenvalue weighted by molar-refractivity contribution is 5.91. The van der Waals surface area contributed by atoms with E-state index in [4.69, 9.17) is 0 Å². The van der Waals surface area contributed by atoms with E-state index in [1.165, 1.54) is 13.1 Å². The number of aromatic nitrogens is 3. The fraction of sp³-hybridized carbons (Fsp3) is 0.222. The quantitative estimate of drug-likeness (QED) is 0.702. The van der Waals surface area contributed by atoms with E-state index in [0.717, 1.165) is 16.8 Å². The van der Waals surface area contributed by atoms with Crippen molar-refractivity contribution in [2.24, 2.45) is 0 Å². The van der Waals surface area contributed by atoms with Crippen molar-refractivity contribution < 1.29 is 18.0 Å². The Morgan fingerprint density at radius 1 is 1.38 bits per heavy atom. The number of carbonyl (C=O) groups excluding carboxylic acids is 1. The molecular weight excluding hydrogens is 223 g/mol. The van der Waals surface area contributed by atoms with Crippen molar-refractivity contribution >= 4 is 11.4 Å². The Hall–Kier alpha value is -1.92. The summed E-state index contributed by atoms with van der Waals surface area (Å²) in [5.74, 6) is -0.316. The molecule has 0 N–H and O–H groups in total. The Kier molecular flexibility index (Phi) is 2.18. The Morgan fingerprint density at radius 3 is 2.62 bits per heavy atom. The molecule has 2 rings (SSSR count). The first-order valence-corrected chi connectivity index (χ1v) is 4.31. The first-order valence-electron chi connectivity index (χ1n) is 4.31.